The number of phenolic OH excluding ortho intramolecular Hbond substituents is 1. The van der Waals surface area contributed by atoms with Crippen LogP contribution in [0.5, 0.6) is 5.75 Å². The number of amides is 1. The zero-order valence-electron chi connectivity index (χ0n) is 16.5. The molecule has 0 unspecified atom stereocenters. The molecule has 0 bridgehead atoms. The normalized spacial score (nSPS) is 11.4. The van der Waals surface area contributed by atoms with Gasteiger partial charge in [0.15, 0.2) is 5.75 Å². The van der Waals surface area contributed by atoms with Gasteiger partial charge in [-0.2, -0.15) is 0 Å². The number of rotatable bonds is 6. The molecule has 0 spiro atoms. The lowest BCUT2D eigenvalue weighted by atomic mass is 9.96. The number of sulfonamides is 1. The molecule has 1 amide bonds. The molecule has 0 fully saturated rings. The Bertz CT molecular complexity index is 1160. The van der Waals surface area contributed by atoms with Crippen LogP contribution in [0.1, 0.15) is 28.4 Å². The second-order valence-electron chi connectivity index (χ2n) is 6.70. The number of carbonyl (C=O) groups is 1. The van der Waals surface area contributed by atoms with Crippen molar-refractivity contribution in [3.63, 3.8) is 0 Å². The smallest absolute Gasteiger partial charge is 0.255 e. The summed E-state index contributed by atoms with van der Waals surface area (Å²) in [5.74, 6) is -0.743. The van der Waals surface area contributed by atoms with E-state index in [0.717, 1.165) is 16.1 Å². The van der Waals surface area contributed by atoms with Gasteiger partial charge in [-0.25, -0.2) is 8.42 Å². The minimum absolute atomic E-state index is 0.0418. The Morgan fingerprint density at radius 1 is 1.17 bits per heavy atom. The van der Waals surface area contributed by atoms with Crippen molar-refractivity contribution in [3.8, 4) is 5.75 Å². The summed E-state index contributed by atoms with van der Waals surface area (Å²) in [6.07, 6.45) is 2.93. The molecule has 152 valence electrons. The van der Waals surface area contributed by atoms with E-state index in [4.69, 9.17) is 0 Å². The SMILES string of the molecule is CCc1c(C(=O)NCc2ccccc2)c(O)c2ncccc2c1N(C)S(C)(=O)=O. The van der Waals surface area contributed by atoms with E-state index in [1.165, 1.54) is 13.2 Å². The fourth-order valence-corrected chi connectivity index (χ4v) is 3.85. The maximum absolute atomic E-state index is 13.0. The molecule has 0 atom stereocenters. The van der Waals surface area contributed by atoms with Crippen molar-refractivity contribution in [1.82, 2.24) is 10.3 Å². The molecule has 0 aliphatic heterocycles. The number of phenols is 1. The molecule has 0 saturated carbocycles. The van der Waals surface area contributed by atoms with Crippen LogP contribution >= 0.6 is 0 Å². The summed E-state index contributed by atoms with van der Waals surface area (Å²) in [5.41, 5.74) is 1.92. The number of aromatic hydroxyl groups is 1. The molecule has 0 aliphatic carbocycles. The van der Waals surface area contributed by atoms with Gasteiger partial charge in [-0.3, -0.25) is 14.1 Å². The monoisotopic (exact) mass is 413 g/mol. The van der Waals surface area contributed by atoms with E-state index >= 15 is 0 Å². The third-order valence-corrected chi connectivity index (χ3v) is 5.98. The Morgan fingerprint density at radius 2 is 1.86 bits per heavy atom. The highest BCUT2D eigenvalue weighted by molar-refractivity contribution is 7.92. The number of benzene rings is 2. The van der Waals surface area contributed by atoms with Gasteiger partial charge < -0.3 is 10.4 Å². The Labute approximate surface area is 170 Å². The number of nitrogens with zero attached hydrogens (tertiary/aromatic N) is 2. The summed E-state index contributed by atoms with van der Waals surface area (Å²) in [4.78, 5) is 17.2. The van der Waals surface area contributed by atoms with E-state index in [1.54, 1.807) is 12.1 Å². The number of anilines is 1. The van der Waals surface area contributed by atoms with Crippen molar-refractivity contribution in [1.29, 1.82) is 0 Å². The van der Waals surface area contributed by atoms with Crippen molar-refractivity contribution in [3.05, 3.63) is 65.4 Å². The topological polar surface area (TPSA) is 99.6 Å². The Hall–Kier alpha value is -3.13. The molecule has 1 aromatic heterocycles. The van der Waals surface area contributed by atoms with E-state index in [9.17, 15) is 18.3 Å². The van der Waals surface area contributed by atoms with Gasteiger partial charge >= 0.3 is 0 Å². The number of carbonyl (C=O) groups excluding carboxylic acids is 1. The molecule has 0 saturated heterocycles. The van der Waals surface area contributed by atoms with Crippen molar-refractivity contribution in [2.75, 3.05) is 17.6 Å². The van der Waals surface area contributed by atoms with Gasteiger partial charge in [-0.05, 0) is 29.7 Å². The van der Waals surface area contributed by atoms with Gasteiger partial charge in [-0.1, -0.05) is 37.3 Å². The fraction of sp³-hybridized carbons (Fsp3) is 0.238. The number of pyridine rings is 1. The summed E-state index contributed by atoms with van der Waals surface area (Å²) in [7, 11) is -2.17. The van der Waals surface area contributed by atoms with Gasteiger partial charge in [0, 0.05) is 25.2 Å². The average molecular weight is 413 g/mol. The highest BCUT2D eigenvalue weighted by Crippen LogP contribution is 2.40. The highest BCUT2D eigenvalue weighted by atomic mass is 32.2. The lowest BCUT2D eigenvalue weighted by molar-refractivity contribution is 0.0947. The maximum Gasteiger partial charge on any atom is 0.255 e. The van der Waals surface area contributed by atoms with Gasteiger partial charge in [0.25, 0.3) is 5.91 Å². The number of fused-ring (bicyclic) bond motifs is 1. The first-order valence-corrected chi connectivity index (χ1v) is 11.0. The van der Waals surface area contributed by atoms with Crippen molar-refractivity contribution < 1.29 is 18.3 Å². The quantitative estimate of drug-likeness (QED) is 0.647. The molecule has 8 heteroatoms. The van der Waals surface area contributed by atoms with Crippen molar-refractivity contribution in [2.24, 2.45) is 0 Å². The number of aromatic nitrogens is 1. The number of hydrogen-bond acceptors (Lipinski definition) is 5. The fourth-order valence-electron chi connectivity index (χ4n) is 3.31. The van der Waals surface area contributed by atoms with Gasteiger partial charge in [0.05, 0.1) is 17.5 Å². The standard InChI is InChI=1S/C21H23N3O4S/c1-4-15-17(21(26)23-13-14-9-6-5-7-10-14)20(25)18-16(11-8-12-22-18)19(15)24(2)29(3,27)28/h5-12,25H,4,13H2,1-3H3,(H,23,26). The summed E-state index contributed by atoms with van der Waals surface area (Å²) in [6, 6.07) is 12.7. The average Bonchev–Trinajstić information content (AvgIpc) is 2.71. The van der Waals surface area contributed by atoms with Crippen LogP contribution < -0.4 is 9.62 Å². The summed E-state index contributed by atoms with van der Waals surface area (Å²) < 4.78 is 25.7. The van der Waals surface area contributed by atoms with Gasteiger partial charge in [0.1, 0.15) is 5.52 Å². The lowest BCUT2D eigenvalue weighted by Gasteiger charge is -2.24. The second-order valence-corrected chi connectivity index (χ2v) is 8.72. The van der Waals surface area contributed by atoms with Crippen LogP contribution in [-0.2, 0) is 23.0 Å². The van der Waals surface area contributed by atoms with Crippen molar-refractivity contribution >= 4 is 32.5 Å². The predicted octanol–water partition coefficient (Wildman–Crippen LogP) is 2.83. The number of nitrogens with one attached hydrogen (secondary N) is 1. The van der Waals surface area contributed by atoms with Crippen LogP contribution in [0.25, 0.3) is 10.9 Å². The van der Waals surface area contributed by atoms with Crippen LogP contribution in [0.3, 0.4) is 0 Å². The molecular weight excluding hydrogens is 390 g/mol. The third-order valence-electron chi connectivity index (χ3n) is 4.80. The van der Waals surface area contributed by atoms with Crippen LogP contribution in [0, 0.1) is 0 Å². The Kier molecular flexibility index (Phi) is 5.74. The molecule has 2 N–H and O–H groups in total. The molecule has 2 aromatic carbocycles. The second kappa shape index (κ2) is 8.08. The summed E-state index contributed by atoms with van der Waals surface area (Å²) in [5, 5.41) is 14.1. The largest absolute Gasteiger partial charge is 0.505 e. The summed E-state index contributed by atoms with van der Waals surface area (Å²) in [6.45, 7) is 2.09. The van der Waals surface area contributed by atoms with Gasteiger partial charge in [-0.15, -0.1) is 0 Å². The highest BCUT2D eigenvalue weighted by Gasteiger charge is 2.28. The Balaban J connectivity index is 2.18. The molecule has 3 rings (SSSR count). The molecule has 3 aromatic rings. The third kappa shape index (κ3) is 4.02. The first kappa shape index (κ1) is 20.6. The van der Waals surface area contributed by atoms with E-state index in [-0.39, 0.29) is 23.4 Å². The first-order valence-electron chi connectivity index (χ1n) is 9.14. The zero-order valence-corrected chi connectivity index (χ0v) is 17.3. The molecular formula is C21H23N3O4S. The first-order chi connectivity index (χ1) is 13.8. The minimum Gasteiger partial charge on any atom is -0.505 e. The van der Waals surface area contributed by atoms with E-state index in [1.807, 2.05) is 37.3 Å². The van der Waals surface area contributed by atoms with Crippen molar-refractivity contribution in [2.45, 2.75) is 19.9 Å². The zero-order chi connectivity index (χ0) is 21.2. The van der Waals surface area contributed by atoms with Crippen LogP contribution in [0.4, 0.5) is 5.69 Å². The molecule has 0 radical (unpaired) electrons. The maximum atomic E-state index is 13.0. The molecule has 1 heterocycles. The lowest BCUT2D eigenvalue weighted by Crippen LogP contribution is -2.29. The van der Waals surface area contributed by atoms with Crippen LogP contribution in [-0.4, -0.2) is 37.7 Å². The van der Waals surface area contributed by atoms with Crippen LogP contribution in [0.2, 0.25) is 0 Å². The van der Waals surface area contributed by atoms with Gasteiger partial charge in [0.2, 0.25) is 10.0 Å². The molecule has 7 nitrogen and oxygen atoms in total. The van der Waals surface area contributed by atoms with E-state index < -0.39 is 15.9 Å². The molecule has 0 aliphatic rings. The Morgan fingerprint density at radius 3 is 2.48 bits per heavy atom. The summed E-state index contributed by atoms with van der Waals surface area (Å²) >= 11 is 0. The number of hydrogen-bond donors (Lipinski definition) is 2. The molecule has 29 heavy (non-hydrogen) atoms. The predicted molar refractivity (Wildman–Crippen MR) is 114 cm³/mol. The van der Waals surface area contributed by atoms with E-state index in [0.29, 0.717) is 23.1 Å². The minimum atomic E-state index is -3.60. The van der Waals surface area contributed by atoms with Crippen LogP contribution in [0.15, 0.2) is 48.7 Å². The van der Waals surface area contributed by atoms with E-state index in [2.05, 4.69) is 10.3 Å².